The first-order chi connectivity index (χ1) is 9.00. The second-order valence-corrected chi connectivity index (χ2v) is 6.10. The number of anilines is 1. The van der Waals surface area contributed by atoms with Crippen LogP contribution < -0.4 is 10.9 Å². The van der Waals surface area contributed by atoms with Gasteiger partial charge in [0.05, 0.1) is 0 Å². The maximum absolute atomic E-state index is 12.3. The Morgan fingerprint density at radius 2 is 2.11 bits per heavy atom. The Balaban J connectivity index is 2.19. The lowest BCUT2D eigenvalue weighted by Gasteiger charge is -2.34. The molecule has 0 aromatic carbocycles. The monoisotopic (exact) mass is 263 g/mol. The molecule has 1 aliphatic rings. The molecule has 3 atom stereocenters. The summed E-state index contributed by atoms with van der Waals surface area (Å²) in [5, 5.41) is 3.38. The summed E-state index contributed by atoms with van der Waals surface area (Å²) in [7, 11) is 0. The van der Waals surface area contributed by atoms with Crippen LogP contribution in [0.1, 0.15) is 53.0 Å². The van der Waals surface area contributed by atoms with Crippen LogP contribution in [0.3, 0.4) is 0 Å². The van der Waals surface area contributed by atoms with Gasteiger partial charge >= 0.3 is 0 Å². The van der Waals surface area contributed by atoms with Crippen LogP contribution in [0.5, 0.6) is 0 Å². The normalized spacial score (nSPS) is 27.5. The molecule has 0 radical (unpaired) electrons. The third-order valence-electron chi connectivity index (χ3n) is 4.45. The van der Waals surface area contributed by atoms with Crippen molar-refractivity contribution in [1.82, 2.24) is 9.55 Å². The fourth-order valence-corrected chi connectivity index (χ4v) is 2.89. The van der Waals surface area contributed by atoms with Crippen LogP contribution in [-0.4, -0.2) is 15.6 Å². The summed E-state index contributed by atoms with van der Waals surface area (Å²) in [5.41, 5.74) is -0.0112. The molecule has 1 heterocycles. The van der Waals surface area contributed by atoms with Crippen LogP contribution in [0.25, 0.3) is 0 Å². The van der Waals surface area contributed by atoms with Crippen molar-refractivity contribution in [2.24, 2.45) is 11.8 Å². The van der Waals surface area contributed by atoms with Crippen LogP contribution in [0.2, 0.25) is 0 Å². The van der Waals surface area contributed by atoms with E-state index < -0.39 is 0 Å². The molecule has 0 bridgehead atoms. The van der Waals surface area contributed by atoms with Gasteiger partial charge < -0.3 is 9.88 Å². The van der Waals surface area contributed by atoms with Gasteiger partial charge in [-0.1, -0.05) is 26.7 Å². The van der Waals surface area contributed by atoms with Crippen molar-refractivity contribution in [1.29, 1.82) is 0 Å². The minimum absolute atomic E-state index is 0.0112. The lowest BCUT2D eigenvalue weighted by atomic mass is 9.78. The first kappa shape index (κ1) is 14.1. The lowest BCUT2D eigenvalue weighted by Crippen LogP contribution is -2.38. The molecule has 2 rings (SSSR count). The summed E-state index contributed by atoms with van der Waals surface area (Å²) in [6.07, 6.45) is 7.11. The molecule has 1 aromatic rings. The van der Waals surface area contributed by atoms with Gasteiger partial charge in [0.2, 0.25) is 0 Å². The Hall–Kier alpha value is -1.32. The number of nitrogens with zero attached hydrogens (tertiary/aromatic N) is 2. The summed E-state index contributed by atoms with van der Waals surface area (Å²) < 4.78 is 1.73. The number of nitrogens with one attached hydrogen (secondary N) is 1. The van der Waals surface area contributed by atoms with Gasteiger partial charge in [0.1, 0.15) is 0 Å². The third-order valence-corrected chi connectivity index (χ3v) is 4.45. The fourth-order valence-electron chi connectivity index (χ4n) is 2.89. The quantitative estimate of drug-likeness (QED) is 0.911. The Bertz CT molecular complexity index is 481. The zero-order chi connectivity index (χ0) is 14.0. The standard InChI is InChI=1S/C15H25N3O/c1-10(2)18-9-8-16-14(15(18)19)17-13-7-5-6-11(3)12(13)4/h8-13H,5-7H2,1-4H3,(H,16,17). The minimum Gasteiger partial charge on any atom is -0.362 e. The maximum atomic E-state index is 12.3. The van der Waals surface area contributed by atoms with Gasteiger partial charge in [-0.05, 0) is 32.1 Å². The van der Waals surface area contributed by atoms with Crippen molar-refractivity contribution in [3.8, 4) is 0 Å². The number of hydrogen-bond donors (Lipinski definition) is 1. The van der Waals surface area contributed by atoms with Crippen molar-refractivity contribution >= 4 is 5.82 Å². The minimum atomic E-state index is -0.0112. The summed E-state index contributed by atoms with van der Waals surface area (Å²) in [6.45, 7) is 8.59. The molecule has 1 saturated carbocycles. The molecule has 19 heavy (non-hydrogen) atoms. The van der Waals surface area contributed by atoms with E-state index in [-0.39, 0.29) is 11.6 Å². The highest BCUT2D eigenvalue weighted by molar-refractivity contribution is 5.33. The van der Waals surface area contributed by atoms with Gasteiger partial charge in [0, 0.05) is 24.5 Å². The van der Waals surface area contributed by atoms with Gasteiger partial charge in [-0.25, -0.2) is 4.98 Å². The SMILES string of the molecule is CC1CCCC(Nc2nccn(C(C)C)c2=O)C1C. The highest BCUT2D eigenvalue weighted by Crippen LogP contribution is 2.30. The van der Waals surface area contributed by atoms with E-state index in [1.807, 2.05) is 13.8 Å². The van der Waals surface area contributed by atoms with Crippen LogP contribution >= 0.6 is 0 Å². The van der Waals surface area contributed by atoms with Gasteiger partial charge in [-0.15, -0.1) is 0 Å². The number of aromatic nitrogens is 2. The van der Waals surface area contributed by atoms with E-state index in [0.717, 1.165) is 6.42 Å². The van der Waals surface area contributed by atoms with E-state index in [2.05, 4.69) is 24.1 Å². The molecule has 4 nitrogen and oxygen atoms in total. The first-order valence-electron chi connectivity index (χ1n) is 7.34. The second-order valence-electron chi connectivity index (χ2n) is 6.10. The van der Waals surface area contributed by atoms with Gasteiger partial charge in [-0.3, -0.25) is 4.79 Å². The third kappa shape index (κ3) is 2.99. The fraction of sp³-hybridized carbons (Fsp3) is 0.733. The second kappa shape index (κ2) is 5.76. The van der Waals surface area contributed by atoms with E-state index in [4.69, 9.17) is 0 Å². The highest BCUT2D eigenvalue weighted by atomic mass is 16.1. The zero-order valence-corrected chi connectivity index (χ0v) is 12.4. The Labute approximate surface area is 115 Å². The number of hydrogen-bond acceptors (Lipinski definition) is 3. The topological polar surface area (TPSA) is 46.9 Å². The largest absolute Gasteiger partial charge is 0.362 e. The predicted molar refractivity (Wildman–Crippen MR) is 78.5 cm³/mol. The average molecular weight is 263 g/mol. The molecule has 1 aliphatic carbocycles. The molecule has 1 aromatic heterocycles. The molecule has 106 valence electrons. The number of rotatable bonds is 3. The Morgan fingerprint density at radius 3 is 2.79 bits per heavy atom. The van der Waals surface area contributed by atoms with Crippen LogP contribution in [-0.2, 0) is 0 Å². The summed E-state index contributed by atoms with van der Waals surface area (Å²) in [5.74, 6) is 1.80. The highest BCUT2D eigenvalue weighted by Gasteiger charge is 2.27. The van der Waals surface area contributed by atoms with Crippen molar-refractivity contribution in [2.45, 2.75) is 59.0 Å². The molecule has 4 heteroatoms. The molecular formula is C15H25N3O. The van der Waals surface area contributed by atoms with Gasteiger partial charge in [0.25, 0.3) is 5.56 Å². The molecule has 1 N–H and O–H groups in total. The molecule has 0 spiro atoms. The molecule has 0 aliphatic heterocycles. The van der Waals surface area contributed by atoms with Crippen molar-refractivity contribution < 1.29 is 0 Å². The molecule has 1 fully saturated rings. The zero-order valence-electron chi connectivity index (χ0n) is 12.4. The molecular weight excluding hydrogens is 238 g/mol. The van der Waals surface area contributed by atoms with E-state index in [9.17, 15) is 4.79 Å². The van der Waals surface area contributed by atoms with Crippen molar-refractivity contribution in [3.63, 3.8) is 0 Å². The summed E-state index contributed by atoms with van der Waals surface area (Å²) in [6, 6.07) is 0.533. The van der Waals surface area contributed by atoms with Gasteiger partial charge in [-0.2, -0.15) is 0 Å². The van der Waals surface area contributed by atoms with E-state index in [0.29, 0.717) is 23.7 Å². The molecule has 0 amide bonds. The predicted octanol–water partition coefficient (Wildman–Crippen LogP) is 3.06. The van der Waals surface area contributed by atoms with Crippen LogP contribution in [0.4, 0.5) is 5.82 Å². The van der Waals surface area contributed by atoms with Crippen LogP contribution in [0, 0.1) is 11.8 Å². The Kier molecular flexibility index (Phi) is 4.27. The van der Waals surface area contributed by atoms with Gasteiger partial charge in [0.15, 0.2) is 5.82 Å². The van der Waals surface area contributed by atoms with E-state index in [1.54, 1.807) is 17.0 Å². The maximum Gasteiger partial charge on any atom is 0.293 e. The molecule has 3 unspecified atom stereocenters. The lowest BCUT2D eigenvalue weighted by molar-refractivity contribution is 0.252. The summed E-state index contributed by atoms with van der Waals surface area (Å²) >= 11 is 0. The molecule has 0 saturated heterocycles. The Morgan fingerprint density at radius 1 is 1.37 bits per heavy atom. The van der Waals surface area contributed by atoms with Crippen LogP contribution in [0.15, 0.2) is 17.2 Å². The van der Waals surface area contributed by atoms with Crippen molar-refractivity contribution in [3.05, 3.63) is 22.7 Å². The smallest absolute Gasteiger partial charge is 0.293 e. The van der Waals surface area contributed by atoms with E-state index >= 15 is 0 Å². The summed E-state index contributed by atoms with van der Waals surface area (Å²) in [4.78, 5) is 16.5. The first-order valence-corrected chi connectivity index (χ1v) is 7.34. The van der Waals surface area contributed by atoms with Crippen molar-refractivity contribution in [2.75, 3.05) is 5.32 Å². The average Bonchev–Trinajstić information content (AvgIpc) is 2.37. The van der Waals surface area contributed by atoms with E-state index in [1.165, 1.54) is 12.8 Å².